The van der Waals surface area contributed by atoms with Gasteiger partial charge in [-0.05, 0) is 43.2 Å². The summed E-state index contributed by atoms with van der Waals surface area (Å²) in [6.45, 7) is 5.38. The largest absolute Gasteiger partial charge is 0.395 e. The maximum absolute atomic E-state index is 12.8. The van der Waals surface area contributed by atoms with Gasteiger partial charge in [0, 0.05) is 47.8 Å². The zero-order valence-electron chi connectivity index (χ0n) is 16.2. The lowest BCUT2D eigenvalue weighted by Crippen LogP contribution is -2.69. The summed E-state index contributed by atoms with van der Waals surface area (Å²) in [7, 11) is 0. The third-order valence-electron chi connectivity index (χ3n) is 5.76. The fourth-order valence-electron chi connectivity index (χ4n) is 4.52. The molecule has 0 aliphatic carbocycles. The predicted octanol–water partition coefficient (Wildman–Crippen LogP) is 3.61. The number of likely N-dealkylation sites (tertiary alicyclic amines) is 1. The Kier molecular flexibility index (Phi) is 5.32. The Balaban J connectivity index is 1.63. The molecule has 1 saturated heterocycles. The third kappa shape index (κ3) is 3.39. The van der Waals surface area contributed by atoms with E-state index in [4.69, 9.17) is 11.6 Å². The van der Waals surface area contributed by atoms with Crippen LogP contribution in [-0.2, 0) is 6.54 Å². The highest BCUT2D eigenvalue weighted by Gasteiger charge is 2.53. The average Bonchev–Trinajstić information content (AvgIpc) is 2.66. The summed E-state index contributed by atoms with van der Waals surface area (Å²) in [5, 5.41) is 13.8. The molecule has 6 heteroatoms. The highest BCUT2D eigenvalue weighted by Crippen LogP contribution is 2.48. The normalized spacial score (nSPS) is 23.8. The predicted molar refractivity (Wildman–Crippen MR) is 112 cm³/mol. The minimum absolute atomic E-state index is 0.0529. The average molecular weight is 400 g/mol. The summed E-state index contributed by atoms with van der Waals surface area (Å²) in [5.41, 5.74) is 3.24. The summed E-state index contributed by atoms with van der Waals surface area (Å²) >= 11 is 6.01. The number of aliphatic hydroxyl groups is 1. The van der Waals surface area contributed by atoms with E-state index in [1.54, 1.807) is 0 Å². The van der Waals surface area contributed by atoms with Gasteiger partial charge in [0.2, 0.25) is 0 Å². The first kappa shape index (κ1) is 19.2. The van der Waals surface area contributed by atoms with Crippen LogP contribution in [0.15, 0.2) is 48.5 Å². The summed E-state index contributed by atoms with van der Waals surface area (Å²) in [5.74, 6) is 0.233. The van der Waals surface area contributed by atoms with Gasteiger partial charge in [-0.1, -0.05) is 41.9 Å². The van der Waals surface area contributed by atoms with Gasteiger partial charge >= 0.3 is 6.03 Å². The molecule has 2 heterocycles. The Hall–Kier alpha value is -2.08. The number of hydrogen-bond donors (Lipinski definition) is 2. The van der Waals surface area contributed by atoms with Crippen LogP contribution in [-0.4, -0.2) is 47.3 Å². The molecule has 3 atom stereocenters. The number of nitrogens with zero attached hydrogens (tertiary/aromatic N) is 2. The lowest BCUT2D eigenvalue weighted by Gasteiger charge is -2.59. The molecular formula is C22H26ClN3O2. The van der Waals surface area contributed by atoms with Gasteiger partial charge in [-0.2, -0.15) is 0 Å². The monoisotopic (exact) mass is 399 g/mol. The van der Waals surface area contributed by atoms with Crippen molar-refractivity contribution in [2.45, 2.75) is 44.4 Å². The second-order valence-electron chi connectivity index (χ2n) is 7.92. The van der Waals surface area contributed by atoms with Crippen LogP contribution >= 0.6 is 11.6 Å². The second-order valence-corrected chi connectivity index (χ2v) is 8.35. The number of rotatable bonds is 4. The molecule has 0 saturated carbocycles. The topological polar surface area (TPSA) is 55.8 Å². The Morgan fingerprint density at radius 1 is 1.21 bits per heavy atom. The first-order chi connectivity index (χ1) is 13.5. The van der Waals surface area contributed by atoms with Crippen LogP contribution in [0.25, 0.3) is 0 Å². The van der Waals surface area contributed by atoms with Crippen LogP contribution in [0.5, 0.6) is 0 Å². The Bertz CT molecular complexity index is 855. The second kappa shape index (κ2) is 7.74. The van der Waals surface area contributed by atoms with Crippen molar-refractivity contribution in [1.82, 2.24) is 10.2 Å². The van der Waals surface area contributed by atoms with Gasteiger partial charge in [-0.25, -0.2) is 4.79 Å². The fraction of sp³-hybridized carbons (Fsp3) is 0.409. The molecule has 2 aliphatic rings. The van der Waals surface area contributed by atoms with E-state index in [1.807, 2.05) is 61.2 Å². The van der Waals surface area contributed by atoms with Gasteiger partial charge < -0.3 is 10.4 Å². The number of carbonyl (C=O) groups excluding carboxylic acids is 1. The number of hydrogen-bond acceptors (Lipinski definition) is 3. The molecule has 5 nitrogen and oxygen atoms in total. The lowest BCUT2D eigenvalue weighted by atomic mass is 9.72. The molecule has 0 aromatic heterocycles. The summed E-state index contributed by atoms with van der Waals surface area (Å²) in [6, 6.07) is 16.1. The maximum Gasteiger partial charge on any atom is 0.322 e. The highest BCUT2D eigenvalue weighted by atomic mass is 35.5. The molecule has 2 N–H and O–H groups in total. The van der Waals surface area contributed by atoms with Crippen LogP contribution < -0.4 is 10.2 Å². The highest BCUT2D eigenvalue weighted by molar-refractivity contribution is 6.30. The van der Waals surface area contributed by atoms with Gasteiger partial charge in [0.25, 0.3) is 0 Å². The minimum atomic E-state index is -0.0696. The van der Waals surface area contributed by atoms with E-state index in [-0.39, 0.29) is 36.7 Å². The molecule has 2 aromatic rings. The van der Waals surface area contributed by atoms with Crippen LogP contribution in [0, 0.1) is 0 Å². The van der Waals surface area contributed by atoms with Gasteiger partial charge in [-0.15, -0.1) is 0 Å². The molecule has 2 aliphatic heterocycles. The van der Waals surface area contributed by atoms with Crippen LogP contribution in [0.2, 0.25) is 5.02 Å². The molecule has 148 valence electrons. The third-order valence-corrected chi connectivity index (χ3v) is 6.01. The fourth-order valence-corrected chi connectivity index (χ4v) is 4.64. The maximum atomic E-state index is 12.8. The smallest absolute Gasteiger partial charge is 0.322 e. The molecule has 1 fully saturated rings. The molecule has 0 bridgehead atoms. The molecule has 0 radical (unpaired) electrons. The van der Waals surface area contributed by atoms with Crippen molar-refractivity contribution >= 4 is 23.3 Å². The van der Waals surface area contributed by atoms with Gasteiger partial charge in [0.1, 0.15) is 0 Å². The number of benzene rings is 2. The number of halogens is 1. The number of fused-ring (bicyclic) bond motifs is 3. The summed E-state index contributed by atoms with van der Waals surface area (Å²) in [6.07, 6.45) is 0. The van der Waals surface area contributed by atoms with Crippen molar-refractivity contribution in [3.8, 4) is 0 Å². The van der Waals surface area contributed by atoms with Crippen LogP contribution in [0.1, 0.15) is 30.9 Å². The lowest BCUT2D eigenvalue weighted by molar-refractivity contribution is -0.0485. The number of aliphatic hydroxyl groups excluding tert-OH is 1. The Morgan fingerprint density at radius 3 is 2.61 bits per heavy atom. The van der Waals surface area contributed by atoms with Crippen molar-refractivity contribution in [2.75, 3.05) is 18.1 Å². The number of para-hydroxylation sites is 1. The zero-order chi connectivity index (χ0) is 19.8. The first-order valence-electron chi connectivity index (χ1n) is 9.77. The van der Waals surface area contributed by atoms with Crippen molar-refractivity contribution in [3.63, 3.8) is 0 Å². The molecule has 0 unspecified atom stereocenters. The van der Waals surface area contributed by atoms with E-state index in [9.17, 15) is 9.90 Å². The standard InChI is InChI=1S/C22H26ClN3O2/c1-14(2)24-22(28)26-12-19-21(17-5-3-4-6-18(17)26)20(13-27)25(19)11-15-7-9-16(23)10-8-15/h3-10,14,19-21,27H,11-13H2,1-2H3,(H,24,28)/t19-,20-,21+/m0/s1. The first-order valence-corrected chi connectivity index (χ1v) is 10.2. The number of urea groups is 1. The molecular weight excluding hydrogens is 374 g/mol. The molecule has 0 spiro atoms. The number of carbonyl (C=O) groups is 1. The van der Waals surface area contributed by atoms with Gasteiger partial charge in [-0.3, -0.25) is 9.80 Å². The quantitative estimate of drug-likeness (QED) is 0.825. The minimum Gasteiger partial charge on any atom is -0.395 e. The molecule has 2 amide bonds. The van der Waals surface area contributed by atoms with E-state index in [0.29, 0.717) is 11.6 Å². The Labute approximate surface area is 170 Å². The van der Waals surface area contributed by atoms with E-state index in [1.165, 1.54) is 0 Å². The van der Waals surface area contributed by atoms with E-state index >= 15 is 0 Å². The van der Waals surface area contributed by atoms with E-state index in [2.05, 4.69) is 16.3 Å². The van der Waals surface area contributed by atoms with Gasteiger partial charge in [0.05, 0.1) is 6.61 Å². The van der Waals surface area contributed by atoms with Crippen LogP contribution in [0.4, 0.5) is 10.5 Å². The number of nitrogens with one attached hydrogen (secondary N) is 1. The summed E-state index contributed by atoms with van der Waals surface area (Å²) in [4.78, 5) is 17.0. The van der Waals surface area contributed by atoms with E-state index in [0.717, 1.165) is 23.4 Å². The SMILES string of the molecule is CC(C)NC(=O)N1C[C@H]2[C@@H](c3ccccc31)[C@H](CO)N2Cc1ccc(Cl)cc1. The zero-order valence-corrected chi connectivity index (χ0v) is 16.9. The number of amides is 2. The van der Waals surface area contributed by atoms with Crippen molar-refractivity contribution < 1.29 is 9.90 Å². The molecule has 28 heavy (non-hydrogen) atoms. The van der Waals surface area contributed by atoms with E-state index < -0.39 is 0 Å². The van der Waals surface area contributed by atoms with Gasteiger partial charge in [0.15, 0.2) is 0 Å². The molecule has 4 rings (SSSR count). The van der Waals surface area contributed by atoms with Crippen molar-refractivity contribution in [3.05, 3.63) is 64.7 Å². The van der Waals surface area contributed by atoms with Crippen molar-refractivity contribution in [1.29, 1.82) is 0 Å². The van der Waals surface area contributed by atoms with Crippen LogP contribution in [0.3, 0.4) is 0 Å². The van der Waals surface area contributed by atoms with Crippen molar-refractivity contribution in [2.24, 2.45) is 0 Å². The number of anilines is 1. The summed E-state index contributed by atoms with van der Waals surface area (Å²) < 4.78 is 0. The molecule has 2 aromatic carbocycles. The Morgan fingerprint density at radius 2 is 1.93 bits per heavy atom.